The number of tetrazole rings is 1. The predicted molar refractivity (Wildman–Crippen MR) is 55.8 cm³/mol. The van der Waals surface area contributed by atoms with Crippen molar-refractivity contribution in [3.63, 3.8) is 0 Å². The SMILES string of the molecule is CC(NCc1c(F)cccc1F)c1nn[nH]n1. The van der Waals surface area contributed by atoms with E-state index in [2.05, 4.69) is 25.9 Å². The summed E-state index contributed by atoms with van der Waals surface area (Å²) in [5, 5.41) is 16.2. The van der Waals surface area contributed by atoms with Crippen molar-refractivity contribution in [3.05, 3.63) is 41.2 Å². The van der Waals surface area contributed by atoms with E-state index in [1.54, 1.807) is 6.92 Å². The van der Waals surface area contributed by atoms with Crippen LogP contribution in [0.5, 0.6) is 0 Å². The zero-order chi connectivity index (χ0) is 12.3. The maximum absolute atomic E-state index is 13.3. The highest BCUT2D eigenvalue weighted by atomic mass is 19.1. The average Bonchev–Trinajstić information content (AvgIpc) is 2.81. The van der Waals surface area contributed by atoms with Crippen molar-refractivity contribution in [2.24, 2.45) is 0 Å². The number of nitrogens with one attached hydrogen (secondary N) is 2. The lowest BCUT2D eigenvalue weighted by Crippen LogP contribution is -2.20. The Morgan fingerprint density at radius 2 is 2.06 bits per heavy atom. The molecule has 2 N–H and O–H groups in total. The maximum atomic E-state index is 13.3. The molecule has 1 atom stereocenters. The maximum Gasteiger partial charge on any atom is 0.191 e. The number of benzene rings is 1. The Balaban J connectivity index is 2.03. The van der Waals surface area contributed by atoms with Gasteiger partial charge in [0.05, 0.1) is 6.04 Å². The molecule has 90 valence electrons. The molecule has 0 aliphatic heterocycles. The third-order valence-corrected chi connectivity index (χ3v) is 2.40. The van der Waals surface area contributed by atoms with Crippen LogP contribution in [0.2, 0.25) is 0 Å². The topological polar surface area (TPSA) is 66.5 Å². The number of halogens is 2. The van der Waals surface area contributed by atoms with Crippen molar-refractivity contribution in [3.8, 4) is 0 Å². The molecule has 2 rings (SSSR count). The first-order valence-corrected chi connectivity index (χ1v) is 5.08. The summed E-state index contributed by atoms with van der Waals surface area (Å²) in [5.41, 5.74) is 0.00263. The van der Waals surface area contributed by atoms with E-state index in [1.165, 1.54) is 18.2 Å². The number of hydrogen-bond donors (Lipinski definition) is 2. The second-order valence-electron chi connectivity index (χ2n) is 3.57. The quantitative estimate of drug-likeness (QED) is 0.844. The van der Waals surface area contributed by atoms with Gasteiger partial charge in [-0.15, -0.1) is 10.2 Å². The molecule has 1 aromatic heterocycles. The van der Waals surface area contributed by atoms with Gasteiger partial charge in [0.2, 0.25) is 0 Å². The van der Waals surface area contributed by atoms with Gasteiger partial charge in [0.25, 0.3) is 0 Å². The predicted octanol–water partition coefficient (Wildman–Crippen LogP) is 1.33. The van der Waals surface area contributed by atoms with E-state index in [0.717, 1.165) is 0 Å². The molecule has 1 heterocycles. The van der Waals surface area contributed by atoms with Gasteiger partial charge in [-0.05, 0) is 19.1 Å². The van der Waals surface area contributed by atoms with Crippen LogP contribution in [0.4, 0.5) is 8.78 Å². The molecule has 0 aliphatic carbocycles. The lowest BCUT2D eigenvalue weighted by atomic mass is 10.2. The number of aromatic nitrogens is 4. The Hall–Kier alpha value is -1.89. The first-order valence-electron chi connectivity index (χ1n) is 5.08. The fourth-order valence-corrected chi connectivity index (χ4v) is 1.40. The smallest absolute Gasteiger partial charge is 0.191 e. The zero-order valence-electron chi connectivity index (χ0n) is 9.11. The highest BCUT2D eigenvalue weighted by Gasteiger charge is 2.13. The molecule has 1 aromatic carbocycles. The third-order valence-electron chi connectivity index (χ3n) is 2.40. The first-order chi connectivity index (χ1) is 8.18. The van der Waals surface area contributed by atoms with Gasteiger partial charge in [-0.25, -0.2) is 8.78 Å². The number of hydrogen-bond acceptors (Lipinski definition) is 4. The molecule has 7 heteroatoms. The van der Waals surface area contributed by atoms with Crippen molar-refractivity contribution in [2.45, 2.75) is 19.5 Å². The summed E-state index contributed by atoms with van der Waals surface area (Å²) in [6.07, 6.45) is 0. The first kappa shape index (κ1) is 11.6. The fourth-order valence-electron chi connectivity index (χ4n) is 1.40. The van der Waals surface area contributed by atoms with E-state index in [-0.39, 0.29) is 18.2 Å². The monoisotopic (exact) mass is 239 g/mol. The van der Waals surface area contributed by atoms with Crippen LogP contribution in [0.15, 0.2) is 18.2 Å². The molecule has 0 amide bonds. The molecule has 0 aliphatic rings. The number of nitrogens with zero attached hydrogens (tertiary/aromatic N) is 3. The molecule has 2 aromatic rings. The van der Waals surface area contributed by atoms with Crippen molar-refractivity contribution < 1.29 is 8.78 Å². The summed E-state index contributed by atoms with van der Waals surface area (Å²) >= 11 is 0. The van der Waals surface area contributed by atoms with Gasteiger partial charge in [-0.3, -0.25) is 0 Å². The molecule has 0 fully saturated rings. The Labute approximate surface area is 96.2 Å². The van der Waals surface area contributed by atoms with E-state index >= 15 is 0 Å². The number of H-pyrrole nitrogens is 1. The van der Waals surface area contributed by atoms with Crippen LogP contribution in [-0.4, -0.2) is 20.6 Å². The minimum Gasteiger partial charge on any atom is -0.303 e. The molecular weight excluding hydrogens is 228 g/mol. The van der Waals surface area contributed by atoms with Crippen LogP contribution in [0.1, 0.15) is 24.4 Å². The zero-order valence-corrected chi connectivity index (χ0v) is 9.11. The van der Waals surface area contributed by atoms with E-state index in [9.17, 15) is 8.78 Å². The molecule has 17 heavy (non-hydrogen) atoms. The lowest BCUT2D eigenvalue weighted by molar-refractivity contribution is 0.498. The van der Waals surface area contributed by atoms with Gasteiger partial charge < -0.3 is 5.32 Å². The van der Waals surface area contributed by atoms with Crippen molar-refractivity contribution in [1.82, 2.24) is 25.9 Å². The summed E-state index contributed by atoms with van der Waals surface area (Å²) in [7, 11) is 0. The molecular formula is C10H11F2N5. The van der Waals surface area contributed by atoms with Crippen LogP contribution in [0.25, 0.3) is 0 Å². The molecule has 1 unspecified atom stereocenters. The van der Waals surface area contributed by atoms with Gasteiger partial charge in [-0.2, -0.15) is 5.21 Å². The minimum atomic E-state index is -0.571. The van der Waals surface area contributed by atoms with E-state index in [0.29, 0.717) is 5.82 Å². The summed E-state index contributed by atoms with van der Waals surface area (Å²) in [6, 6.07) is 3.53. The van der Waals surface area contributed by atoms with Gasteiger partial charge in [0, 0.05) is 12.1 Å². The summed E-state index contributed by atoms with van der Waals surface area (Å²) < 4.78 is 26.6. The van der Waals surface area contributed by atoms with Crippen molar-refractivity contribution in [2.75, 3.05) is 0 Å². The van der Waals surface area contributed by atoms with Crippen LogP contribution in [0, 0.1) is 11.6 Å². The molecule has 0 bridgehead atoms. The van der Waals surface area contributed by atoms with E-state index < -0.39 is 11.6 Å². The third kappa shape index (κ3) is 2.62. The number of aromatic amines is 1. The van der Waals surface area contributed by atoms with Gasteiger partial charge >= 0.3 is 0 Å². The largest absolute Gasteiger partial charge is 0.303 e. The Morgan fingerprint density at radius 3 is 2.65 bits per heavy atom. The lowest BCUT2D eigenvalue weighted by Gasteiger charge is -2.10. The fraction of sp³-hybridized carbons (Fsp3) is 0.300. The Bertz CT molecular complexity index is 465. The van der Waals surface area contributed by atoms with Crippen LogP contribution in [0.3, 0.4) is 0 Å². The standard InChI is InChI=1S/C10H11F2N5/c1-6(10-14-16-17-15-10)13-5-7-8(11)3-2-4-9(7)12/h2-4,6,13H,5H2,1H3,(H,14,15,16,17). The normalized spacial score (nSPS) is 12.6. The Kier molecular flexibility index (Phi) is 3.38. The van der Waals surface area contributed by atoms with Crippen LogP contribution in [-0.2, 0) is 6.54 Å². The van der Waals surface area contributed by atoms with Gasteiger partial charge in [-0.1, -0.05) is 11.3 Å². The summed E-state index contributed by atoms with van der Waals surface area (Å²) in [6.45, 7) is 1.85. The second kappa shape index (κ2) is 4.96. The second-order valence-corrected chi connectivity index (χ2v) is 3.57. The molecule has 0 saturated heterocycles. The van der Waals surface area contributed by atoms with Crippen molar-refractivity contribution >= 4 is 0 Å². The average molecular weight is 239 g/mol. The van der Waals surface area contributed by atoms with Crippen LogP contribution < -0.4 is 5.32 Å². The minimum absolute atomic E-state index is 0.00263. The van der Waals surface area contributed by atoms with E-state index in [1.807, 2.05) is 0 Å². The number of rotatable bonds is 4. The van der Waals surface area contributed by atoms with E-state index in [4.69, 9.17) is 0 Å². The Morgan fingerprint density at radius 1 is 1.35 bits per heavy atom. The highest BCUT2D eigenvalue weighted by Crippen LogP contribution is 2.13. The molecule has 0 saturated carbocycles. The summed E-state index contributed by atoms with van der Waals surface area (Å²) in [5.74, 6) is -0.697. The highest BCUT2D eigenvalue weighted by molar-refractivity contribution is 5.19. The van der Waals surface area contributed by atoms with Crippen LogP contribution >= 0.6 is 0 Å². The van der Waals surface area contributed by atoms with Gasteiger partial charge in [0.1, 0.15) is 11.6 Å². The molecule has 0 spiro atoms. The molecule has 5 nitrogen and oxygen atoms in total. The van der Waals surface area contributed by atoms with Gasteiger partial charge in [0.15, 0.2) is 5.82 Å². The summed E-state index contributed by atoms with van der Waals surface area (Å²) in [4.78, 5) is 0. The van der Waals surface area contributed by atoms with Crippen molar-refractivity contribution in [1.29, 1.82) is 0 Å². The molecule has 0 radical (unpaired) electrons.